The second-order valence-corrected chi connectivity index (χ2v) is 8.29. The average Bonchev–Trinajstić information content (AvgIpc) is 3.13. The van der Waals surface area contributed by atoms with Crippen molar-refractivity contribution in [1.82, 2.24) is 10.3 Å². The minimum atomic E-state index is -1.29. The number of oxime groups is 1. The number of nitrogens with zero attached hydrogens (tertiary/aromatic N) is 2. The fraction of sp³-hybridized carbons (Fsp3) is 0.294. The van der Waals surface area contributed by atoms with Crippen molar-refractivity contribution in [2.24, 2.45) is 11.1 Å². The standard InChI is InChI=1S/C17H16N4O7S2/c1-2-6-4-29-14-10(9(6)16(26)27)13(24)12(14)20-15(25)11(21-28-3-8(22)23)7-5-30-17(18)19-7/h2,5-6,12,14H,1,3-4H2,(H2,18,19)(H,20,25)(H,22,23)(H,26,27)/t6?,12-,14+/m1/s1. The Labute approximate surface area is 177 Å². The van der Waals surface area contributed by atoms with Gasteiger partial charge in [0.2, 0.25) is 6.61 Å². The van der Waals surface area contributed by atoms with E-state index in [1.807, 2.05) is 0 Å². The van der Waals surface area contributed by atoms with Crippen molar-refractivity contribution in [3.8, 4) is 0 Å². The van der Waals surface area contributed by atoms with Crippen LogP contribution in [0.25, 0.3) is 0 Å². The van der Waals surface area contributed by atoms with E-state index in [2.05, 4.69) is 26.9 Å². The minimum absolute atomic E-state index is 0.00444. The number of thioether (sulfide) groups is 1. The summed E-state index contributed by atoms with van der Waals surface area (Å²) >= 11 is 2.38. The van der Waals surface area contributed by atoms with Gasteiger partial charge in [0.15, 0.2) is 16.6 Å². The van der Waals surface area contributed by atoms with Gasteiger partial charge in [-0.3, -0.25) is 9.59 Å². The van der Waals surface area contributed by atoms with E-state index in [9.17, 15) is 24.3 Å². The molecule has 2 heterocycles. The molecule has 0 aromatic carbocycles. The number of carbonyl (C=O) groups is 4. The maximum absolute atomic E-state index is 12.7. The topological polar surface area (TPSA) is 181 Å². The summed E-state index contributed by atoms with van der Waals surface area (Å²) in [6, 6.07) is -0.960. The van der Waals surface area contributed by atoms with Crippen LogP contribution in [-0.2, 0) is 24.0 Å². The van der Waals surface area contributed by atoms with Crippen LogP contribution in [0.1, 0.15) is 5.69 Å². The Hall–Kier alpha value is -3.19. The van der Waals surface area contributed by atoms with Crippen LogP contribution < -0.4 is 11.1 Å². The molecule has 1 aliphatic carbocycles. The van der Waals surface area contributed by atoms with Gasteiger partial charge in [-0.1, -0.05) is 11.2 Å². The summed E-state index contributed by atoms with van der Waals surface area (Å²) in [5.41, 5.74) is 5.43. The molecule has 5 N–H and O–H groups in total. The quantitative estimate of drug-likeness (QED) is 0.236. The van der Waals surface area contributed by atoms with Gasteiger partial charge < -0.3 is 26.1 Å². The number of anilines is 1. The largest absolute Gasteiger partial charge is 0.479 e. The van der Waals surface area contributed by atoms with Crippen molar-refractivity contribution >= 4 is 57.6 Å². The average molecular weight is 452 g/mol. The lowest BCUT2D eigenvalue weighted by Crippen LogP contribution is -2.61. The smallest absolute Gasteiger partial charge is 0.344 e. The molecular formula is C17H16N4O7S2. The Morgan fingerprint density at radius 2 is 2.17 bits per heavy atom. The van der Waals surface area contributed by atoms with Gasteiger partial charge in [-0.2, -0.15) is 0 Å². The highest BCUT2D eigenvalue weighted by Crippen LogP contribution is 2.44. The second-order valence-electron chi connectivity index (χ2n) is 6.22. The van der Waals surface area contributed by atoms with Crippen molar-refractivity contribution in [2.75, 3.05) is 18.1 Å². The summed E-state index contributed by atoms with van der Waals surface area (Å²) < 4.78 is 0. The molecule has 1 saturated carbocycles. The molecule has 1 aromatic heterocycles. The highest BCUT2D eigenvalue weighted by atomic mass is 32.2. The van der Waals surface area contributed by atoms with Crippen LogP contribution in [0, 0.1) is 5.92 Å². The number of thiazole rings is 1. The number of ketones is 1. The van der Waals surface area contributed by atoms with Gasteiger partial charge in [-0.15, -0.1) is 29.7 Å². The predicted octanol–water partition coefficient (Wildman–Crippen LogP) is -0.103. The maximum atomic E-state index is 12.7. The molecule has 1 unspecified atom stereocenters. The molecule has 11 nitrogen and oxygen atoms in total. The zero-order valence-corrected chi connectivity index (χ0v) is 16.9. The van der Waals surface area contributed by atoms with Crippen LogP contribution in [0.4, 0.5) is 5.13 Å². The Morgan fingerprint density at radius 1 is 1.43 bits per heavy atom. The molecule has 0 radical (unpaired) electrons. The molecule has 0 saturated heterocycles. The number of aliphatic carboxylic acids is 2. The summed E-state index contributed by atoms with van der Waals surface area (Å²) in [4.78, 5) is 56.1. The maximum Gasteiger partial charge on any atom is 0.344 e. The van der Waals surface area contributed by atoms with Gasteiger partial charge >= 0.3 is 11.9 Å². The first-order valence-electron chi connectivity index (χ1n) is 8.44. The number of Topliss-reactive ketones (excluding diaryl/α,β-unsaturated/α-hetero) is 1. The number of hydrogen-bond donors (Lipinski definition) is 4. The van der Waals surface area contributed by atoms with Gasteiger partial charge in [0.1, 0.15) is 11.7 Å². The number of hydrogen-bond acceptors (Lipinski definition) is 10. The zero-order chi connectivity index (χ0) is 22.0. The molecule has 3 atom stereocenters. The fourth-order valence-corrected chi connectivity index (χ4v) is 5.09. The van der Waals surface area contributed by atoms with Crippen LogP contribution in [0.2, 0.25) is 0 Å². The van der Waals surface area contributed by atoms with Crippen molar-refractivity contribution < 1.29 is 34.2 Å². The SMILES string of the molecule is C=CC1CS[C@H]2C(=C1C(=O)O)C(=O)[C@H]2NC(=O)C(=NOCC(=O)O)c1csc(N)n1. The number of allylic oxidation sites excluding steroid dienone is 1. The lowest BCUT2D eigenvalue weighted by atomic mass is 9.77. The number of nitrogens with two attached hydrogens (primary N) is 1. The van der Waals surface area contributed by atoms with Gasteiger partial charge in [0.25, 0.3) is 5.91 Å². The molecule has 13 heteroatoms. The Morgan fingerprint density at radius 3 is 2.73 bits per heavy atom. The van der Waals surface area contributed by atoms with Gasteiger partial charge in [0, 0.05) is 22.6 Å². The molecule has 1 fully saturated rings. The first kappa shape index (κ1) is 21.5. The van der Waals surface area contributed by atoms with E-state index in [0.29, 0.717) is 5.75 Å². The molecule has 158 valence electrons. The summed E-state index contributed by atoms with van der Waals surface area (Å²) in [5.74, 6) is -3.87. The van der Waals surface area contributed by atoms with E-state index in [0.717, 1.165) is 11.3 Å². The van der Waals surface area contributed by atoms with E-state index < -0.39 is 47.4 Å². The number of rotatable bonds is 8. The van der Waals surface area contributed by atoms with E-state index in [4.69, 9.17) is 10.8 Å². The lowest BCUT2D eigenvalue weighted by molar-refractivity contribution is -0.142. The Bertz CT molecular complexity index is 1000. The molecule has 1 aromatic rings. The van der Waals surface area contributed by atoms with E-state index in [-0.39, 0.29) is 27.7 Å². The molecule has 1 aliphatic heterocycles. The van der Waals surface area contributed by atoms with Gasteiger partial charge in [0.05, 0.1) is 10.8 Å². The van der Waals surface area contributed by atoms with Crippen molar-refractivity contribution in [3.63, 3.8) is 0 Å². The molecule has 1 amide bonds. The predicted molar refractivity (Wildman–Crippen MR) is 108 cm³/mol. The molecular weight excluding hydrogens is 436 g/mol. The number of fused-ring (bicyclic) bond motifs is 1. The third kappa shape index (κ3) is 4.07. The lowest BCUT2D eigenvalue weighted by Gasteiger charge is -2.42. The number of nitrogens with one attached hydrogen (secondary N) is 1. The summed E-state index contributed by atoms with van der Waals surface area (Å²) in [6.07, 6.45) is 1.48. The third-order valence-corrected chi connectivity index (χ3v) is 6.47. The molecule has 0 bridgehead atoms. The number of carboxylic acids is 2. The Kier molecular flexibility index (Phi) is 6.22. The molecule has 30 heavy (non-hydrogen) atoms. The van der Waals surface area contributed by atoms with Crippen molar-refractivity contribution in [2.45, 2.75) is 11.3 Å². The van der Waals surface area contributed by atoms with E-state index >= 15 is 0 Å². The number of carboxylic acid groups (broad SMARTS) is 2. The summed E-state index contributed by atoms with van der Waals surface area (Å²) in [6.45, 7) is 2.83. The van der Waals surface area contributed by atoms with Crippen LogP contribution >= 0.6 is 23.1 Å². The first-order chi connectivity index (χ1) is 14.2. The van der Waals surface area contributed by atoms with Crippen molar-refractivity contribution in [3.05, 3.63) is 34.9 Å². The summed E-state index contributed by atoms with van der Waals surface area (Å²) in [7, 11) is 0. The monoisotopic (exact) mass is 452 g/mol. The molecule has 2 aliphatic rings. The molecule has 3 rings (SSSR count). The van der Waals surface area contributed by atoms with Crippen LogP contribution in [0.5, 0.6) is 0 Å². The van der Waals surface area contributed by atoms with Crippen LogP contribution in [0.3, 0.4) is 0 Å². The fourth-order valence-electron chi connectivity index (χ4n) is 3.04. The van der Waals surface area contributed by atoms with Gasteiger partial charge in [-0.25, -0.2) is 14.6 Å². The third-order valence-electron chi connectivity index (χ3n) is 4.38. The number of nitrogen functional groups attached to an aromatic ring is 1. The first-order valence-corrected chi connectivity index (χ1v) is 10.4. The normalized spacial score (nSPS) is 23.3. The number of amides is 1. The van der Waals surface area contributed by atoms with E-state index in [1.54, 1.807) is 0 Å². The second kappa shape index (κ2) is 8.67. The highest BCUT2D eigenvalue weighted by molar-refractivity contribution is 8.00. The highest BCUT2D eigenvalue weighted by Gasteiger charge is 2.52. The summed E-state index contributed by atoms with van der Waals surface area (Å²) in [5, 5.41) is 25.2. The minimum Gasteiger partial charge on any atom is -0.479 e. The van der Waals surface area contributed by atoms with E-state index in [1.165, 1.54) is 23.2 Å². The van der Waals surface area contributed by atoms with Crippen molar-refractivity contribution in [1.29, 1.82) is 0 Å². The Balaban J connectivity index is 1.82. The zero-order valence-electron chi connectivity index (χ0n) is 15.2. The van der Waals surface area contributed by atoms with Crippen LogP contribution in [0.15, 0.2) is 34.3 Å². The number of carbonyl (C=O) groups excluding carboxylic acids is 2. The molecule has 0 spiro atoms. The van der Waals surface area contributed by atoms with Crippen LogP contribution in [-0.4, -0.2) is 68.2 Å². The van der Waals surface area contributed by atoms with Gasteiger partial charge in [-0.05, 0) is 0 Å². The number of aromatic nitrogens is 1.